The second-order valence-electron chi connectivity index (χ2n) is 5.43. The lowest BCUT2D eigenvalue weighted by atomic mass is 10.4. The lowest BCUT2D eigenvalue weighted by Gasteiger charge is -2.07. The van der Waals surface area contributed by atoms with E-state index >= 15 is 0 Å². The van der Waals surface area contributed by atoms with Crippen molar-refractivity contribution < 1.29 is 4.92 Å². The van der Waals surface area contributed by atoms with Crippen molar-refractivity contribution in [1.29, 1.82) is 0 Å². The van der Waals surface area contributed by atoms with Crippen LogP contribution in [0.1, 0.15) is 43.5 Å². The van der Waals surface area contributed by atoms with E-state index in [1.165, 1.54) is 49.7 Å². The van der Waals surface area contributed by atoms with Gasteiger partial charge in [-0.05, 0) is 43.5 Å². The number of rotatable bonds is 5. The van der Waals surface area contributed by atoms with Crippen molar-refractivity contribution in [2.45, 2.75) is 47.8 Å². The molecular formula is C13H13N5O2S. The third-order valence-electron chi connectivity index (χ3n) is 3.67. The molecule has 7 nitrogen and oxygen atoms in total. The van der Waals surface area contributed by atoms with E-state index in [2.05, 4.69) is 19.7 Å². The van der Waals surface area contributed by atoms with Crippen LogP contribution in [0.3, 0.4) is 0 Å². The summed E-state index contributed by atoms with van der Waals surface area (Å²) in [6, 6.07) is 3.65. The first-order chi connectivity index (χ1) is 10.2. The zero-order valence-corrected chi connectivity index (χ0v) is 12.0. The van der Waals surface area contributed by atoms with Gasteiger partial charge in [0.25, 0.3) is 5.69 Å². The number of pyridine rings is 1. The molecule has 0 unspecified atom stereocenters. The summed E-state index contributed by atoms with van der Waals surface area (Å²) >= 11 is 1.42. The summed E-state index contributed by atoms with van der Waals surface area (Å²) in [6.45, 7) is 0. The zero-order chi connectivity index (χ0) is 14.4. The van der Waals surface area contributed by atoms with Gasteiger partial charge < -0.3 is 4.57 Å². The summed E-state index contributed by atoms with van der Waals surface area (Å²) in [5.41, 5.74) is 0.00155. The summed E-state index contributed by atoms with van der Waals surface area (Å²) in [4.78, 5) is 14.3. The second-order valence-corrected chi connectivity index (χ2v) is 6.42. The number of nitrogens with zero attached hydrogens (tertiary/aromatic N) is 5. The van der Waals surface area contributed by atoms with Gasteiger partial charge in [-0.15, -0.1) is 10.2 Å². The second kappa shape index (κ2) is 4.80. The fourth-order valence-corrected chi connectivity index (χ4v) is 3.14. The van der Waals surface area contributed by atoms with E-state index in [0.717, 1.165) is 11.0 Å². The lowest BCUT2D eigenvalue weighted by Crippen LogP contribution is -2.01. The van der Waals surface area contributed by atoms with E-state index in [1.54, 1.807) is 6.07 Å². The third kappa shape index (κ3) is 2.51. The van der Waals surface area contributed by atoms with Crippen LogP contribution in [0, 0.1) is 10.1 Å². The molecule has 0 aromatic carbocycles. The Bertz CT molecular complexity index is 691. The van der Waals surface area contributed by atoms with Gasteiger partial charge >= 0.3 is 0 Å². The van der Waals surface area contributed by atoms with Crippen molar-refractivity contribution in [3.05, 3.63) is 34.3 Å². The standard InChI is InChI=1S/C13H13N5O2S/c19-18(20)10-5-6-11(14-7-10)21-13-16-15-12(8-1-2-8)17(13)9-3-4-9/h5-9H,1-4H2. The molecule has 8 heteroatoms. The number of hydrogen-bond acceptors (Lipinski definition) is 6. The summed E-state index contributed by atoms with van der Waals surface area (Å²) in [7, 11) is 0. The van der Waals surface area contributed by atoms with Crippen LogP contribution in [0.4, 0.5) is 5.69 Å². The molecule has 0 N–H and O–H groups in total. The summed E-state index contributed by atoms with van der Waals surface area (Å²) in [5.74, 6) is 1.67. The van der Waals surface area contributed by atoms with Crippen molar-refractivity contribution in [2.24, 2.45) is 0 Å². The predicted octanol–water partition coefficient (Wildman–Crippen LogP) is 2.94. The van der Waals surface area contributed by atoms with Crippen LogP contribution in [0.25, 0.3) is 0 Å². The molecule has 0 aliphatic heterocycles. The van der Waals surface area contributed by atoms with E-state index in [0.29, 0.717) is 17.0 Å². The Hall–Kier alpha value is -1.96. The normalized spacial score (nSPS) is 17.9. The van der Waals surface area contributed by atoms with Crippen LogP contribution in [0.2, 0.25) is 0 Å². The zero-order valence-electron chi connectivity index (χ0n) is 11.2. The smallest absolute Gasteiger partial charge is 0.287 e. The molecule has 0 spiro atoms. The molecule has 4 rings (SSSR count). The molecule has 2 saturated carbocycles. The van der Waals surface area contributed by atoms with E-state index in [1.807, 2.05) is 0 Å². The number of aromatic nitrogens is 4. The summed E-state index contributed by atoms with van der Waals surface area (Å²) in [5, 5.41) is 20.8. The monoisotopic (exact) mass is 303 g/mol. The first-order valence-electron chi connectivity index (χ1n) is 6.95. The fourth-order valence-electron chi connectivity index (χ4n) is 2.29. The highest BCUT2D eigenvalue weighted by molar-refractivity contribution is 7.99. The van der Waals surface area contributed by atoms with Crippen molar-refractivity contribution in [1.82, 2.24) is 19.7 Å². The third-order valence-corrected chi connectivity index (χ3v) is 4.58. The van der Waals surface area contributed by atoms with Gasteiger partial charge in [0.05, 0.1) is 4.92 Å². The van der Waals surface area contributed by atoms with Gasteiger partial charge in [0.1, 0.15) is 17.0 Å². The highest BCUT2D eigenvalue weighted by Crippen LogP contribution is 2.46. The van der Waals surface area contributed by atoms with Crippen LogP contribution in [-0.4, -0.2) is 24.7 Å². The van der Waals surface area contributed by atoms with E-state index < -0.39 is 4.92 Å². The van der Waals surface area contributed by atoms with Gasteiger partial charge in [0, 0.05) is 18.0 Å². The maximum absolute atomic E-state index is 10.6. The molecule has 0 atom stereocenters. The van der Waals surface area contributed by atoms with Crippen molar-refractivity contribution in [3.8, 4) is 0 Å². The van der Waals surface area contributed by atoms with Crippen LogP contribution in [0.5, 0.6) is 0 Å². The molecule has 2 fully saturated rings. The highest BCUT2D eigenvalue weighted by atomic mass is 32.2. The number of hydrogen-bond donors (Lipinski definition) is 0. The van der Waals surface area contributed by atoms with Crippen molar-refractivity contribution in [3.63, 3.8) is 0 Å². The number of nitro groups is 1. The Morgan fingerprint density at radius 3 is 2.62 bits per heavy atom. The topological polar surface area (TPSA) is 86.7 Å². The molecule has 21 heavy (non-hydrogen) atoms. The average Bonchev–Trinajstić information content (AvgIpc) is 3.39. The molecule has 0 saturated heterocycles. The summed E-state index contributed by atoms with van der Waals surface area (Å²) < 4.78 is 2.24. The predicted molar refractivity (Wildman–Crippen MR) is 75.3 cm³/mol. The molecule has 0 radical (unpaired) electrons. The fraction of sp³-hybridized carbons (Fsp3) is 0.462. The van der Waals surface area contributed by atoms with Gasteiger partial charge in [-0.3, -0.25) is 10.1 Å². The molecule has 0 bridgehead atoms. The first kappa shape index (κ1) is 12.8. The molecular weight excluding hydrogens is 290 g/mol. The molecule has 2 aromatic rings. The minimum absolute atomic E-state index is 0.00155. The summed E-state index contributed by atoms with van der Waals surface area (Å²) in [6.07, 6.45) is 6.04. The maximum atomic E-state index is 10.6. The van der Waals surface area contributed by atoms with E-state index in [4.69, 9.17) is 0 Å². The average molecular weight is 303 g/mol. The SMILES string of the molecule is O=[N+]([O-])c1ccc(Sc2nnc(C3CC3)n2C2CC2)nc1. The Kier molecular flexibility index (Phi) is 2.91. The molecule has 2 heterocycles. The molecule has 2 aromatic heterocycles. The quantitative estimate of drug-likeness (QED) is 0.623. The van der Waals surface area contributed by atoms with Gasteiger partial charge in [0.2, 0.25) is 0 Å². The molecule has 2 aliphatic rings. The molecule has 0 amide bonds. The first-order valence-corrected chi connectivity index (χ1v) is 7.77. The maximum Gasteiger partial charge on any atom is 0.287 e. The Morgan fingerprint density at radius 1 is 1.24 bits per heavy atom. The molecule has 108 valence electrons. The molecule has 2 aliphatic carbocycles. The van der Waals surface area contributed by atoms with E-state index in [9.17, 15) is 10.1 Å². The largest absolute Gasteiger partial charge is 0.302 e. The van der Waals surface area contributed by atoms with Gasteiger partial charge in [-0.1, -0.05) is 0 Å². The van der Waals surface area contributed by atoms with Crippen LogP contribution in [0.15, 0.2) is 28.5 Å². The van der Waals surface area contributed by atoms with Gasteiger partial charge in [0.15, 0.2) is 5.16 Å². The van der Waals surface area contributed by atoms with Crippen LogP contribution >= 0.6 is 11.8 Å². The van der Waals surface area contributed by atoms with Crippen LogP contribution in [-0.2, 0) is 0 Å². The van der Waals surface area contributed by atoms with Gasteiger partial charge in [-0.25, -0.2) is 4.98 Å². The lowest BCUT2D eigenvalue weighted by molar-refractivity contribution is -0.385. The van der Waals surface area contributed by atoms with Crippen LogP contribution < -0.4 is 0 Å². The van der Waals surface area contributed by atoms with Crippen molar-refractivity contribution >= 4 is 17.4 Å². The minimum Gasteiger partial charge on any atom is -0.302 e. The van der Waals surface area contributed by atoms with E-state index in [-0.39, 0.29) is 5.69 Å². The Morgan fingerprint density at radius 2 is 2.05 bits per heavy atom. The highest BCUT2D eigenvalue weighted by Gasteiger charge is 2.36. The Balaban J connectivity index is 1.60. The van der Waals surface area contributed by atoms with Gasteiger partial charge in [-0.2, -0.15) is 0 Å². The van der Waals surface area contributed by atoms with Crippen molar-refractivity contribution in [2.75, 3.05) is 0 Å². The Labute approximate surface area is 124 Å². The minimum atomic E-state index is -0.445.